The Bertz CT molecular complexity index is 1410. The number of amides is 2. The highest BCUT2D eigenvalue weighted by molar-refractivity contribution is 8.02. The maximum Gasteiger partial charge on any atom is 0.311 e. The van der Waals surface area contributed by atoms with E-state index in [9.17, 15) is 19.5 Å². The summed E-state index contributed by atoms with van der Waals surface area (Å²) in [6.07, 6.45) is 9.25. The van der Waals surface area contributed by atoms with E-state index in [1.54, 1.807) is 14.5 Å². The Hall–Kier alpha value is -3.18. The van der Waals surface area contributed by atoms with Crippen molar-refractivity contribution < 1.29 is 24.2 Å². The number of rotatable bonds is 6. The number of fused-ring (bicyclic) bond motifs is 3. The number of hydrogen-bond acceptors (Lipinski definition) is 8. The number of ether oxygens (including phenoxy) is 1. The molecule has 2 amide bonds. The Kier molecular flexibility index (Phi) is 6.77. The van der Waals surface area contributed by atoms with E-state index in [2.05, 4.69) is 10.3 Å². The summed E-state index contributed by atoms with van der Waals surface area (Å²) in [7, 11) is 0. The fourth-order valence-electron chi connectivity index (χ4n) is 6.96. The fraction of sp³-hybridized carbons (Fsp3) is 0.552. The molecule has 1 aromatic heterocycles. The number of aliphatic hydroxyl groups is 1. The summed E-state index contributed by atoms with van der Waals surface area (Å²) in [5.74, 6) is -2.53. The van der Waals surface area contributed by atoms with Gasteiger partial charge in [-0.15, -0.1) is 16.9 Å². The van der Waals surface area contributed by atoms with Crippen LogP contribution in [0, 0.1) is 17.8 Å². The third-order valence-electron chi connectivity index (χ3n) is 9.11. The lowest BCUT2D eigenvalue weighted by Crippen LogP contribution is -2.58. The van der Waals surface area contributed by atoms with E-state index in [1.165, 1.54) is 11.8 Å². The summed E-state index contributed by atoms with van der Waals surface area (Å²) in [6, 6.07) is 6.09. The molecular weight excluding hydrogens is 530 g/mol. The van der Waals surface area contributed by atoms with Crippen molar-refractivity contribution in [1.82, 2.24) is 24.8 Å². The van der Waals surface area contributed by atoms with E-state index in [-0.39, 0.29) is 37.6 Å². The Labute approximate surface area is 237 Å². The second-order valence-electron chi connectivity index (χ2n) is 11.4. The lowest BCUT2D eigenvalue weighted by molar-refractivity contribution is -0.155. The van der Waals surface area contributed by atoms with Crippen LogP contribution in [0.5, 0.6) is 0 Å². The van der Waals surface area contributed by atoms with E-state index in [0.29, 0.717) is 13.0 Å². The minimum atomic E-state index is -0.999. The molecule has 1 unspecified atom stereocenters. The zero-order chi connectivity index (χ0) is 28.2. The maximum absolute atomic E-state index is 14.6. The summed E-state index contributed by atoms with van der Waals surface area (Å²) in [6.45, 7) is 6.40. The zero-order valence-electron chi connectivity index (χ0n) is 23.0. The van der Waals surface area contributed by atoms with Crippen LogP contribution in [0.15, 0.2) is 48.6 Å². The van der Waals surface area contributed by atoms with Crippen LogP contribution in [0.1, 0.15) is 33.6 Å². The van der Waals surface area contributed by atoms with Gasteiger partial charge in [-0.3, -0.25) is 14.4 Å². The fourth-order valence-corrected chi connectivity index (χ4v) is 9.10. The number of esters is 1. The SMILES string of the molecule is CC[C@H](C)[C@H](CO)N1C(=O)[C@@H]2[C@H]3C(=O)OCCC=C[C@@]3(C)S[C@@]23C=CCN(Cn2nnc4ccccc42)C(=O)C13. The number of carbonyl (C=O) groups is 3. The molecule has 0 radical (unpaired) electrons. The van der Waals surface area contributed by atoms with Gasteiger partial charge in [0.05, 0.1) is 41.4 Å². The second-order valence-corrected chi connectivity index (χ2v) is 13.2. The molecule has 4 aliphatic rings. The zero-order valence-corrected chi connectivity index (χ0v) is 23.8. The van der Waals surface area contributed by atoms with E-state index in [4.69, 9.17) is 4.74 Å². The molecule has 11 heteroatoms. The van der Waals surface area contributed by atoms with Crippen LogP contribution in [0.2, 0.25) is 0 Å². The van der Waals surface area contributed by atoms with E-state index >= 15 is 0 Å². The number of para-hydroxylation sites is 1. The molecule has 4 aliphatic heterocycles. The highest BCUT2D eigenvalue weighted by atomic mass is 32.2. The summed E-state index contributed by atoms with van der Waals surface area (Å²) >= 11 is 1.51. The van der Waals surface area contributed by atoms with Gasteiger partial charge in [0.2, 0.25) is 11.8 Å². The molecule has 1 spiro atoms. The van der Waals surface area contributed by atoms with Gasteiger partial charge in [0.15, 0.2) is 0 Å². The first-order chi connectivity index (χ1) is 19.3. The van der Waals surface area contributed by atoms with Crippen molar-refractivity contribution >= 4 is 40.6 Å². The average molecular weight is 566 g/mol. The summed E-state index contributed by atoms with van der Waals surface area (Å²) in [4.78, 5) is 45.9. The first-order valence-corrected chi connectivity index (χ1v) is 14.8. The summed E-state index contributed by atoms with van der Waals surface area (Å²) in [5.41, 5.74) is 1.53. The lowest BCUT2D eigenvalue weighted by Gasteiger charge is -2.41. The first kappa shape index (κ1) is 27.0. The molecule has 1 N–H and O–H groups in total. The number of thioether (sulfide) groups is 1. The number of hydrogen-bond donors (Lipinski definition) is 1. The van der Waals surface area contributed by atoms with Crippen LogP contribution >= 0.6 is 11.8 Å². The van der Waals surface area contributed by atoms with Gasteiger partial charge in [-0.05, 0) is 31.4 Å². The van der Waals surface area contributed by atoms with E-state index < -0.39 is 39.4 Å². The van der Waals surface area contributed by atoms with Gasteiger partial charge in [-0.1, -0.05) is 61.9 Å². The molecule has 2 fully saturated rings. The van der Waals surface area contributed by atoms with E-state index in [1.807, 2.05) is 69.3 Å². The number of benzene rings is 1. The van der Waals surface area contributed by atoms with Crippen molar-refractivity contribution in [2.75, 3.05) is 19.8 Å². The minimum Gasteiger partial charge on any atom is -0.465 e. The number of carbonyl (C=O) groups excluding carboxylic acids is 3. The highest BCUT2D eigenvalue weighted by Gasteiger charge is 2.74. The number of cyclic esters (lactones) is 1. The average Bonchev–Trinajstić information content (AvgIpc) is 3.50. The van der Waals surface area contributed by atoms with Gasteiger partial charge in [0, 0.05) is 11.3 Å². The summed E-state index contributed by atoms with van der Waals surface area (Å²) < 4.78 is 5.58. The molecule has 0 saturated carbocycles. The van der Waals surface area contributed by atoms with E-state index in [0.717, 1.165) is 17.5 Å². The standard InChI is InChI=1S/C29H35N5O5S/c1-4-18(2)21(16-35)34-24-26(37)32(17-33-20-11-6-5-10-19(20)30-31-33)14-9-13-29(24)22(25(34)36)23-27(38)39-15-8-7-12-28(23,3)40-29/h5-7,9-13,18,21-24,35H,4,8,14-17H2,1-3H3/t18-,21-,22-,23-,24?,28+,29-/m0/s1. The van der Waals surface area contributed by atoms with Gasteiger partial charge >= 0.3 is 5.97 Å². The lowest BCUT2D eigenvalue weighted by atomic mass is 9.74. The predicted octanol–water partition coefficient (Wildman–Crippen LogP) is 2.38. The highest BCUT2D eigenvalue weighted by Crippen LogP contribution is 2.65. The van der Waals surface area contributed by atoms with Crippen molar-refractivity contribution in [3.05, 3.63) is 48.6 Å². The molecule has 7 atom stereocenters. The smallest absolute Gasteiger partial charge is 0.311 e. The van der Waals surface area contributed by atoms with Crippen molar-refractivity contribution in [3.8, 4) is 0 Å². The number of aromatic nitrogens is 3. The third-order valence-corrected chi connectivity index (χ3v) is 10.9. The second kappa shape index (κ2) is 10.0. The molecule has 1 aromatic carbocycles. The van der Waals surface area contributed by atoms with Crippen LogP contribution in [-0.4, -0.2) is 89.0 Å². The number of likely N-dealkylation sites (tertiary alicyclic amines) is 1. The van der Waals surface area contributed by atoms with Gasteiger partial charge in [-0.25, -0.2) is 4.68 Å². The molecular formula is C29H35N5O5S. The molecule has 5 heterocycles. The molecule has 40 heavy (non-hydrogen) atoms. The van der Waals surface area contributed by atoms with Crippen LogP contribution < -0.4 is 0 Å². The van der Waals surface area contributed by atoms with Crippen LogP contribution in [0.3, 0.4) is 0 Å². The predicted molar refractivity (Wildman–Crippen MR) is 150 cm³/mol. The Balaban J connectivity index is 1.47. The normalized spacial score (nSPS) is 33.2. The summed E-state index contributed by atoms with van der Waals surface area (Å²) in [5, 5.41) is 19.1. The van der Waals surface area contributed by atoms with Crippen molar-refractivity contribution in [1.29, 1.82) is 0 Å². The van der Waals surface area contributed by atoms with Gasteiger partial charge in [0.25, 0.3) is 0 Å². The Morgan fingerprint density at radius 3 is 2.73 bits per heavy atom. The van der Waals surface area contributed by atoms with Crippen LogP contribution in [0.4, 0.5) is 0 Å². The molecule has 10 nitrogen and oxygen atoms in total. The van der Waals surface area contributed by atoms with Gasteiger partial charge in [-0.2, -0.15) is 0 Å². The Morgan fingerprint density at radius 1 is 1.15 bits per heavy atom. The van der Waals surface area contributed by atoms with Crippen LogP contribution in [0.25, 0.3) is 11.0 Å². The maximum atomic E-state index is 14.6. The molecule has 2 aromatic rings. The van der Waals surface area contributed by atoms with Crippen molar-refractivity contribution in [2.24, 2.45) is 17.8 Å². The number of aliphatic hydroxyl groups excluding tert-OH is 1. The molecule has 0 aliphatic carbocycles. The quantitative estimate of drug-likeness (QED) is 0.419. The van der Waals surface area contributed by atoms with Gasteiger partial charge < -0.3 is 19.6 Å². The molecule has 2 saturated heterocycles. The Morgan fingerprint density at radius 2 is 1.95 bits per heavy atom. The topological polar surface area (TPSA) is 118 Å². The van der Waals surface area contributed by atoms with Crippen molar-refractivity contribution in [2.45, 2.75) is 61.9 Å². The first-order valence-electron chi connectivity index (χ1n) is 14.0. The molecule has 0 bridgehead atoms. The minimum absolute atomic E-state index is 0.0573. The third kappa shape index (κ3) is 3.92. The largest absolute Gasteiger partial charge is 0.465 e. The molecule has 6 rings (SSSR count). The number of nitrogens with zero attached hydrogens (tertiary/aromatic N) is 5. The molecule has 212 valence electrons. The monoisotopic (exact) mass is 565 g/mol. The van der Waals surface area contributed by atoms with Crippen LogP contribution in [-0.2, 0) is 25.8 Å². The van der Waals surface area contributed by atoms with Gasteiger partial charge in [0.1, 0.15) is 18.2 Å². The van der Waals surface area contributed by atoms with Crippen molar-refractivity contribution in [3.63, 3.8) is 0 Å².